The predicted octanol–water partition coefficient (Wildman–Crippen LogP) is 5.94. The van der Waals surface area contributed by atoms with Gasteiger partial charge in [-0.05, 0) is 42.5 Å². The van der Waals surface area contributed by atoms with E-state index in [2.05, 4.69) is 22.0 Å². The van der Waals surface area contributed by atoms with Crippen molar-refractivity contribution in [3.63, 3.8) is 0 Å². The van der Waals surface area contributed by atoms with Crippen LogP contribution in [0.5, 0.6) is 5.75 Å². The number of hydrazone groups is 1. The molecule has 3 heterocycles. The fourth-order valence-electron chi connectivity index (χ4n) is 3.53. The van der Waals surface area contributed by atoms with Gasteiger partial charge >= 0.3 is 0 Å². The number of fused-ring (bicyclic) bond motifs is 3. The zero-order valence-corrected chi connectivity index (χ0v) is 15.9. The molecule has 4 nitrogen and oxygen atoms in total. The second-order valence-corrected chi connectivity index (χ2v) is 7.68. The smallest absolute Gasteiger partial charge is 0.213 e. The lowest BCUT2D eigenvalue weighted by atomic mass is 9.97. The highest BCUT2D eigenvalue weighted by molar-refractivity contribution is 9.10. The van der Waals surface area contributed by atoms with Crippen LogP contribution in [-0.4, -0.2) is 10.7 Å². The molecule has 0 unspecified atom stereocenters. The monoisotopic (exact) mass is 428 g/mol. The minimum absolute atomic E-state index is 0.0836. The molecule has 3 aromatic rings. The largest absolute Gasteiger partial charge is 0.464 e. The van der Waals surface area contributed by atoms with Gasteiger partial charge in [-0.25, -0.2) is 5.01 Å². The number of halogens is 2. The SMILES string of the molecule is Clc1cccc([C@H]2Oc3ccc(Br)cc3[C@@H]3CC(c4ccco4)=NN23)c1. The average molecular weight is 430 g/mol. The van der Waals surface area contributed by atoms with Crippen molar-refractivity contribution in [1.29, 1.82) is 0 Å². The first-order valence-corrected chi connectivity index (χ1v) is 9.47. The predicted molar refractivity (Wildman–Crippen MR) is 103 cm³/mol. The van der Waals surface area contributed by atoms with Crippen LogP contribution >= 0.6 is 27.5 Å². The van der Waals surface area contributed by atoms with Crippen LogP contribution in [0.25, 0.3) is 0 Å². The first-order chi connectivity index (χ1) is 12.7. The Balaban J connectivity index is 1.63. The molecule has 0 fully saturated rings. The summed E-state index contributed by atoms with van der Waals surface area (Å²) in [5.41, 5.74) is 3.01. The van der Waals surface area contributed by atoms with Gasteiger partial charge in [-0.3, -0.25) is 0 Å². The van der Waals surface area contributed by atoms with Gasteiger partial charge in [-0.15, -0.1) is 0 Å². The van der Waals surface area contributed by atoms with Crippen molar-refractivity contribution in [2.75, 3.05) is 0 Å². The van der Waals surface area contributed by atoms with Crippen molar-refractivity contribution in [2.45, 2.75) is 18.7 Å². The van der Waals surface area contributed by atoms with Crippen LogP contribution in [0, 0.1) is 0 Å². The minimum Gasteiger partial charge on any atom is -0.464 e. The van der Waals surface area contributed by atoms with Gasteiger partial charge < -0.3 is 9.15 Å². The maximum Gasteiger partial charge on any atom is 0.213 e. The Morgan fingerprint density at radius 3 is 2.85 bits per heavy atom. The molecule has 0 radical (unpaired) electrons. The van der Waals surface area contributed by atoms with E-state index in [0.29, 0.717) is 5.02 Å². The first kappa shape index (κ1) is 16.0. The van der Waals surface area contributed by atoms with Crippen molar-refractivity contribution in [3.8, 4) is 5.75 Å². The minimum atomic E-state index is -0.333. The molecule has 0 N–H and O–H groups in total. The molecule has 2 aliphatic heterocycles. The van der Waals surface area contributed by atoms with Gasteiger partial charge in [-0.2, -0.15) is 5.10 Å². The van der Waals surface area contributed by atoms with E-state index in [1.807, 2.05) is 53.5 Å². The Kier molecular flexibility index (Phi) is 3.80. The van der Waals surface area contributed by atoms with Crippen LogP contribution in [0.15, 0.2) is 74.9 Å². The molecule has 0 aliphatic carbocycles. The van der Waals surface area contributed by atoms with Crippen LogP contribution in [0.1, 0.15) is 35.6 Å². The Morgan fingerprint density at radius 2 is 2.04 bits per heavy atom. The van der Waals surface area contributed by atoms with E-state index in [0.717, 1.165) is 39.2 Å². The van der Waals surface area contributed by atoms with Gasteiger partial charge in [0.25, 0.3) is 0 Å². The van der Waals surface area contributed by atoms with E-state index in [-0.39, 0.29) is 12.3 Å². The highest BCUT2D eigenvalue weighted by Crippen LogP contribution is 2.48. The van der Waals surface area contributed by atoms with Crippen molar-refractivity contribution < 1.29 is 9.15 Å². The topological polar surface area (TPSA) is 38.0 Å². The summed E-state index contributed by atoms with van der Waals surface area (Å²) in [4.78, 5) is 0. The highest BCUT2D eigenvalue weighted by atomic mass is 79.9. The van der Waals surface area contributed by atoms with Crippen molar-refractivity contribution in [1.82, 2.24) is 5.01 Å². The molecule has 0 amide bonds. The molecule has 0 saturated carbocycles. The normalized spacial score (nSPS) is 21.0. The van der Waals surface area contributed by atoms with Gasteiger partial charge in [0.1, 0.15) is 17.2 Å². The molecule has 0 saturated heterocycles. The third-order valence-corrected chi connectivity index (χ3v) is 5.42. The molecule has 2 atom stereocenters. The summed E-state index contributed by atoms with van der Waals surface area (Å²) in [6.45, 7) is 0. The molecule has 0 spiro atoms. The van der Waals surface area contributed by atoms with Crippen LogP contribution in [0.4, 0.5) is 0 Å². The molecule has 130 valence electrons. The standard InChI is InChI=1S/C20H14BrClN2O2/c21-13-6-7-18-15(10-13)17-11-16(19-5-2-8-25-19)23-24(17)20(26-18)12-3-1-4-14(22)9-12/h1-10,17,20H,11H2/t17-,20+/m0/s1. The summed E-state index contributed by atoms with van der Waals surface area (Å²) in [5, 5.41) is 7.53. The molecular formula is C20H14BrClN2O2. The Labute approximate surface area is 164 Å². The number of ether oxygens (including phenoxy) is 1. The van der Waals surface area contributed by atoms with Crippen LogP contribution in [0.3, 0.4) is 0 Å². The lowest BCUT2D eigenvalue weighted by molar-refractivity contribution is -0.0190. The van der Waals surface area contributed by atoms with E-state index in [1.54, 1.807) is 6.26 Å². The molecule has 2 aliphatic rings. The van der Waals surface area contributed by atoms with Crippen molar-refractivity contribution in [3.05, 3.63) is 87.2 Å². The van der Waals surface area contributed by atoms with Gasteiger partial charge in [0.2, 0.25) is 6.23 Å². The van der Waals surface area contributed by atoms with E-state index in [9.17, 15) is 0 Å². The van der Waals surface area contributed by atoms with Crippen LogP contribution in [-0.2, 0) is 0 Å². The fraction of sp³-hybridized carbons (Fsp3) is 0.150. The highest BCUT2D eigenvalue weighted by Gasteiger charge is 2.41. The van der Waals surface area contributed by atoms with E-state index in [1.165, 1.54) is 0 Å². The Hall–Kier alpha value is -2.24. The fourth-order valence-corrected chi connectivity index (χ4v) is 4.11. The summed E-state index contributed by atoms with van der Waals surface area (Å²) < 4.78 is 12.9. The lowest BCUT2D eigenvalue weighted by Crippen LogP contribution is -2.33. The molecule has 2 aromatic carbocycles. The Morgan fingerprint density at radius 1 is 1.12 bits per heavy atom. The van der Waals surface area contributed by atoms with Crippen molar-refractivity contribution >= 4 is 33.2 Å². The van der Waals surface area contributed by atoms with E-state index < -0.39 is 0 Å². The van der Waals surface area contributed by atoms with Gasteiger partial charge in [0.05, 0.1) is 12.3 Å². The molecule has 6 heteroatoms. The van der Waals surface area contributed by atoms with E-state index >= 15 is 0 Å². The third-order valence-electron chi connectivity index (χ3n) is 4.69. The van der Waals surface area contributed by atoms with E-state index in [4.69, 9.17) is 25.9 Å². The number of hydrogen-bond donors (Lipinski definition) is 0. The lowest BCUT2D eigenvalue weighted by Gasteiger charge is -2.38. The summed E-state index contributed by atoms with van der Waals surface area (Å²) >= 11 is 9.77. The maximum absolute atomic E-state index is 6.32. The second-order valence-electron chi connectivity index (χ2n) is 6.33. The van der Waals surface area contributed by atoms with Crippen LogP contribution < -0.4 is 4.74 Å². The number of furan rings is 1. The number of rotatable bonds is 2. The maximum atomic E-state index is 6.32. The number of hydrogen-bond acceptors (Lipinski definition) is 4. The summed E-state index contributed by atoms with van der Waals surface area (Å²) in [6.07, 6.45) is 2.10. The molecule has 26 heavy (non-hydrogen) atoms. The number of nitrogens with zero attached hydrogens (tertiary/aromatic N) is 2. The summed E-state index contributed by atoms with van der Waals surface area (Å²) in [5.74, 6) is 1.66. The van der Waals surface area contributed by atoms with Gasteiger partial charge in [-0.1, -0.05) is 39.7 Å². The van der Waals surface area contributed by atoms with Gasteiger partial charge in [0, 0.05) is 27.0 Å². The zero-order chi connectivity index (χ0) is 17.7. The quantitative estimate of drug-likeness (QED) is 0.506. The molecular weight excluding hydrogens is 416 g/mol. The van der Waals surface area contributed by atoms with Crippen molar-refractivity contribution in [2.24, 2.45) is 5.10 Å². The third kappa shape index (κ3) is 2.63. The second kappa shape index (κ2) is 6.18. The summed E-state index contributed by atoms with van der Waals surface area (Å²) in [7, 11) is 0. The molecule has 1 aromatic heterocycles. The molecule has 0 bridgehead atoms. The average Bonchev–Trinajstić information content (AvgIpc) is 3.31. The Bertz CT molecular complexity index is 1000. The summed E-state index contributed by atoms with van der Waals surface area (Å²) in [6, 6.07) is 17.7. The zero-order valence-electron chi connectivity index (χ0n) is 13.6. The molecule has 5 rings (SSSR count). The number of benzene rings is 2. The van der Waals surface area contributed by atoms with Crippen LogP contribution in [0.2, 0.25) is 5.02 Å². The van der Waals surface area contributed by atoms with Gasteiger partial charge in [0.15, 0.2) is 0 Å². The first-order valence-electron chi connectivity index (χ1n) is 8.30.